The van der Waals surface area contributed by atoms with Crippen molar-refractivity contribution in [3.63, 3.8) is 0 Å². The zero-order valence-corrected chi connectivity index (χ0v) is 8.27. The van der Waals surface area contributed by atoms with E-state index in [-0.39, 0.29) is 18.5 Å². The molecule has 3 atom stereocenters. The molecule has 0 aliphatic carbocycles. The van der Waals surface area contributed by atoms with Crippen LogP contribution in [0.4, 0.5) is 0 Å². The number of hydrogen-bond donors (Lipinski definition) is 1. The molecular weight excluding hydrogens is 162 g/mol. The monoisotopic (exact) mass is 179 g/mol. The first-order valence-corrected chi connectivity index (χ1v) is 3.99. The van der Waals surface area contributed by atoms with Gasteiger partial charge >= 0.3 is 0 Å². The maximum atomic E-state index is 9.48. The number of aliphatic hydroxyl groups excluding tert-OH is 1. The molecule has 0 aromatic heterocycles. The average Bonchev–Trinajstić information content (AvgIpc) is 1.82. The van der Waals surface area contributed by atoms with E-state index in [1.807, 2.05) is 0 Å². The second-order valence-electron chi connectivity index (χ2n) is 3.59. The minimum Gasteiger partial charge on any atom is -0.391 e. The van der Waals surface area contributed by atoms with E-state index in [9.17, 15) is 5.11 Å². The van der Waals surface area contributed by atoms with E-state index in [4.69, 9.17) is 0 Å². The number of hydrogen-bond acceptors (Lipinski definition) is 2. The van der Waals surface area contributed by atoms with Gasteiger partial charge in [-0.2, -0.15) is 0 Å². The Bertz CT molecular complexity index is 109. The lowest BCUT2D eigenvalue weighted by molar-refractivity contribution is 0.0111. The highest BCUT2D eigenvalue weighted by molar-refractivity contribution is 5.85. The van der Waals surface area contributed by atoms with Crippen LogP contribution in [0.3, 0.4) is 0 Å². The first-order chi connectivity index (χ1) is 4.61. The zero-order valence-electron chi connectivity index (χ0n) is 7.45. The van der Waals surface area contributed by atoms with Crippen molar-refractivity contribution < 1.29 is 5.11 Å². The Morgan fingerprint density at radius 2 is 1.91 bits per heavy atom. The van der Waals surface area contributed by atoms with Crippen LogP contribution < -0.4 is 0 Å². The summed E-state index contributed by atoms with van der Waals surface area (Å²) < 4.78 is 0. The fourth-order valence-electron chi connectivity index (χ4n) is 1.64. The largest absolute Gasteiger partial charge is 0.391 e. The lowest BCUT2D eigenvalue weighted by Crippen LogP contribution is -2.47. The topological polar surface area (TPSA) is 23.5 Å². The lowest BCUT2D eigenvalue weighted by atomic mass is 9.93. The molecule has 0 radical (unpaired) electrons. The van der Waals surface area contributed by atoms with Crippen molar-refractivity contribution in [2.45, 2.75) is 32.4 Å². The number of likely N-dealkylation sites (N-methyl/N-ethyl adjacent to an activating group) is 1. The summed E-state index contributed by atoms with van der Waals surface area (Å²) in [4.78, 5) is 2.22. The molecule has 1 fully saturated rings. The molecule has 1 aliphatic heterocycles. The molecule has 3 unspecified atom stereocenters. The maximum Gasteiger partial charge on any atom is 0.0695 e. The van der Waals surface area contributed by atoms with Crippen molar-refractivity contribution in [1.82, 2.24) is 4.90 Å². The molecule has 1 N–H and O–H groups in total. The van der Waals surface area contributed by atoms with Gasteiger partial charge in [0.15, 0.2) is 0 Å². The SMILES string of the molecule is CC1CC(O)C(C)N(C)C1.Cl. The molecule has 1 heterocycles. The average molecular weight is 180 g/mol. The van der Waals surface area contributed by atoms with Crippen LogP contribution >= 0.6 is 12.4 Å². The summed E-state index contributed by atoms with van der Waals surface area (Å²) in [6.45, 7) is 5.39. The van der Waals surface area contributed by atoms with Gasteiger partial charge in [0, 0.05) is 12.6 Å². The quantitative estimate of drug-likeness (QED) is 0.603. The van der Waals surface area contributed by atoms with Crippen molar-refractivity contribution in [2.75, 3.05) is 13.6 Å². The highest BCUT2D eigenvalue weighted by Crippen LogP contribution is 2.19. The Kier molecular flexibility index (Phi) is 4.37. The van der Waals surface area contributed by atoms with Gasteiger partial charge in [0.05, 0.1) is 6.10 Å². The van der Waals surface area contributed by atoms with Gasteiger partial charge in [-0.25, -0.2) is 0 Å². The summed E-state index contributed by atoms with van der Waals surface area (Å²) in [5.41, 5.74) is 0. The van der Waals surface area contributed by atoms with E-state index in [2.05, 4.69) is 25.8 Å². The molecule has 0 bridgehead atoms. The predicted molar refractivity (Wildman–Crippen MR) is 49.1 cm³/mol. The Labute approximate surface area is 75.0 Å². The molecule has 2 nitrogen and oxygen atoms in total. The second-order valence-corrected chi connectivity index (χ2v) is 3.59. The van der Waals surface area contributed by atoms with Crippen LogP contribution in [0.15, 0.2) is 0 Å². The van der Waals surface area contributed by atoms with E-state index < -0.39 is 0 Å². The Morgan fingerprint density at radius 1 is 1.36 bits per heavy atom. The minimum atomic E-state index is -0.117. The van der Waals surface area contributed by atoms with Crippen LogP contribution in [0.5, 0.6) is 0 Å². The number of likely N-dealkylation sites (tertiary alicyclic amines) is 1. The zero-order chi connectivity index (χ0) is 7.72. The summed E-state index contributed by atoms with van der Waals surface area (Å²) >= 11 is 0. The molecular formula is C8H18ClNO. The fourth-order valence-corrected chi connectivity index (χ4v) is 1.64. The third kappa shape index (κ3) is 2.62. The number of nitrogens with zero attached hydrogens (tertiary/aromatic N) is 1. The standard InChI is InChI=1S/C8H17NO.ClH/c1-6-4-8(10)7(2)9(3)5-6;/h6-8,10H,4-5H2,1-3H3;1H. The molecule has 1 rings (SSSR count). The first-order valence-electron chi connectivity index (χ1n) is 3.99. The number of piperidine rings is 1. The fraction of sp³-hybridized carbons (Fsp3) is 1.00. The van der Waals surface area contributed by atoms with Crippen LogP contribution in [-0.2, 0) is 0 Å². The molecule has 0 amide bonds. The van der Waals surface area contributed by atoms with Crippen molar-refractivity contribution in [3.8, 4) is 0 Å². The van der Waals surface area contributed by atoms with Gasteiger partial charge in [-0.3, -0.25) is 0 Å². The van der Waals surface area contributed by atoms with Crippen molar-refractivity contribution in [3.05, 3.63) is 0 Å². The summed E-state index contributed by atoms with van der Waals surface area (Å²) in [6.07, 6.45) is 0.847. The third-order valence-corrected chi connectivity index (χ3v) is 2.50. The minimum absolute atomic E-state index is 0. The smallest absolute Gasteiger partial charge is 0.0695 e. The van der Waals surface area contributed by atoms with E-state index in [0.717, 1.165) is 13.0 Å². The molecule has 0 aromatic rings. The summed E-state index contributed by atoms with van der Waals surface area (Å²) in [5, 5.41) is 9.48. The Hall–Kier alpha value is 0.210. The molecule has 3 heteroatoms. The molecule has 68 valence electrons. The highest BCUT2D eigenvalue weighted by Gasteiger charge is 2.27. The molecule has 0 saturated carbocycles. The van der Waals surface area contributed by atoms with Gasteiger partial charge in [0.25, 0.3) is 0 Å². The van der Waals surface area contributed by atoms with E-state index in [0.29, 0.717) is 12.0 Å². The lowest BCUT2D eigenvalue weighted by Gasteiger charge is -2.37. The predicted octanol–water partition coefficient (Wildman–Crippen LogP) is 1.13. The van der Waals surface area contributed by atoms with Crippen LogP contribution in [0.25, 0.3) is 0 Å². The third-order valence-electron chi connectivity index (χ3n) is 2.50. The normalized spacial score (nSPS) is 39.8. The van der Waals surface area contributed by atoms with Gasteiger partial charge in [0.2, 0.25) is 0 Å². The number of halogens is 1. The van der Waals surface area contributed by atoms with E-state index in [1.54, 1.807) is 0 Å². The van der Waals surface area contributed by atoms with Crippen molar-refractivity contribution >= 4 is 12.4 Å². The highest BCUT2D eigenvalue weighted by atomic mass is 35.5. The van der Waals surface area contributed by atoms with Crippen LogP contribution in [0.1, 0.15) is 20.3 Å². The number of aliphatic hydroxyl groups is 1. The second kappa shape index (κ2) is 4.29. The van der Waals surface area contributed by atoms with Gasteiger partial charge in [0.1, 0.15) is 0 Å². The van der Waals surface area contributed by atoms with Gasteiger partial charge in [-0.05, 0) is 26.3 Å². The summed E-state index contributed by atoms with van der Waals surface area (Å²) in [6, 6.07) is 0.344. The Balaban J connectivity index is 0.000001000. The van der Waals surface area contributed by atoms with Crippen LogP contribution in [0, 0.1) is 5.92 Å². The molecule has 1 aliphatic rings. The van der Waals surface area contributed by atoms with Crippen LogP contribution in [-0.4, -0.2) is 35.7 Å². The van der Waals surface area contributed by atoms with E-state index in [1.165, 1.54) is 0 Å². The van der Waals surface area contributed by atoms with Crippen molar-refractivity contribution in [2.24, 2.45) is 5.92 Å². The molecule has 0 spiro atoms. The van der Waals surface area contributed by atoms with Gasteiger partial charge in [-0.15, -0.1) is 12.4 Å². The van der Waals surface area contributed by atoms with Crippen molar-refractivity contribution in [1.29, 1.82) is 0 Å². The first kappa shape index (κ1) is 11.2. The maximum absolute atomic E-state index is 9.48. The van der Waals surface area contributed by atoms with E-state index >= 15 is 0 Å². The van der Waals surface area contributed by atoms with Gasteiger partial charge < -0.3 is 10.0 Å². The summed E-state index contributed by atoms with van der Waals surface area (Å²) in [7, 11) is 2.07. The molecule has 1 saturated heterocycles. The molecule has 11 heavy (non-hydrogen) atoms. The number of rotatable bonds is 0. The van der Waals surface area contributed by atoms with Crippen LogP contribution in [0.2, 0.25) is 0 Å². The summed E-state index contributed by atoms with van der Waals surface area (Å²) in [5.74, 6) is 0.649. The Morgan fingerprint density at radius 3 is 2.36 bits per heavy atom. The molecule has 0 aromatic carbocycles. The van der Waals surface area contributed by atoms with Gasteiger partial charge in [-0.1, -0.05) is 6.92 Å².